The molecular weight excluding hydrogens is 474 g/mol. The molecule has 2 fully saturated rings. The number of aromatic nitrogens is 1. The summed E-state index contributed by atoms with van der Waals surface area (Å²) in [6, 6.07) is 8.03. The van der Waals surface area contributed by atoms with Gasteiger partial charge >= 0.3 is 6.03 Å². The first-order valence-corrected chi connectivity index (χ1v) is 11.9. The van der Waals surface area contributed by atoms with Crippen molar-refractivity contribution in [1.82, 2.24) is 30.3 Å². The Balaban J connectivity index is 1.34. The third-order valence-corrected chi connectivity index (χ3v) is 6.81. The van der Waals surface area contributed by atoms with Gasteiger partial charge in [-0.1, -0.05) is 17.9 Å². The second-order valence-corrected chi connectivity index (χ2v) is 9.32. The molecular formula is C26H27N7O4. The van der Waals surface area contributed by atoms with Crippen LogP contribution in [0.1, 0.15) is 27.2 Å². The van der Waals surface area contributed by atoms with Crippen LogP contribution in [0, 0.1) is 17.3 Å². The van der Waals surface area contributed by atoms with Gasteiger partial charge in [0.1, 0.15) is 17.3 Å². The molecule has 0 saturated carbocycles. The van der Waals surface area contributed by atoms with Crippen LogP contribution in [-0.4, -0.2) is 95.8 Å². The van der Waals surface area contributed by atoms with Gasteiger partial charge in [-0.05, 0) is 36.9 Å². The number of hydrogen-bond acceptors (Lipinski definition) is 7. The number of carbonyl (C=O) groups excluding carboxylic acids is 3. The quantitative estimate of drug-likeness (QED) is 0.237. The number of imide groups is 1. The molecule has 11 nitrogen and oxygen atoms in total. The van der Waals surface area contributed by atoms with Crippen molar-refractivity contribution in [3.05, 3.63) is 58.9 Å². The van der Waals surface area contributed by atoms with E-state index in [4.69, 9.17) is 10.1 Å². The molecule has 4 heterocycles. The Kier molecular flexibility index (Phi) is 6.27. The number of likely N-dealkylation sites (N-methyl/N-ethyl adjacent to an activating group) is 1. The second kappa shape index (κ2) is 9.55. The van der Waals surface area contributed by atoms with Crippen molar-refractivity contribution in [1.29, 1.82) is 5.41 Å². The highest BCUT2D eigenvalue weighted by atomic mass is 16.5. The number of methoxy groups -OCH3 is 1. The van der Waals surface area contributed by atoms with Crippen LogP contribution in [0.4, 0.5) is 4.79 Å². The summed E-state index contributed by atoms with van der Waals surface area (Å²) < 4.78 is 5.22. The largest absolute Gasteiger partial charge is 0.497 e. The maximum absolute atomic E-state index is 13.0. The predicted molar refractivity (Wildman–Crippen MR) is 134 cm³/mol. The summed E-state index contributed by atoms with van der Waals surface area (Å²) in [5.74, 6) is 5.84. The molecule has 2 saturated heterocycles. The molecule has 3 aliphatic heterocycles. The average molecular weight is 502 g/mol. The number of urea groups is 1. The molecule has 0 spiro atoms. The van der Waals surface area contributed by atoms with Crippen LogP contribution < -0.4 is 15.4 Å². The molecule has 0 unspecified atom stereocenters. The Morgan fingerprint density at radius 1 is 1.16 bits per heavy atom. The number of carbonyl (C=O) groups is 3. The van der Waals surface area contributed by atoms with Crippen molar-refractivity contribution in [3.63, 3.8) is 0 Å². The zero-order chi connectivity index (χ0) is 26.2. The molecule has 0 bridgehead atoms. The number of nitrogens with one attached hydrogen (secondary N) is 3. The molecule has 0 aliphatic carbocycles. The monoisotopic (exact) mass is 501 g/mol. The fourth-order valence-corrected chi connectivity index (χ4v) is 4.59. The molecule has 2 aromatic rings. The van der Waals surface area contributed by atoms with E-state index in [0.29, 0.717) is 28.4 Å². The highest BCUT2D eigenvalue weighted by molar-refractivity contribution is 6.10. The molecule has 0 radical (unpaired) electrons. The van der Waals surface area contributed by atoms with Crippen molar-refractivity contribution < 1.29 is 19.1 Å². The van der Waals surface area contributed by atoms with E-state index >= 15 is 0 Å². The van der Waals surface area contributed by atoms with Gasteiger partial charge in [-0.15, -0.1) is 0 Å². The van der Waals surface area contributed by atoms with Crippen molar-refractivity contribution in [2.45, 2.75) is 12.1 Å². The van der Waals surface area contributed by atoms with Gasteiger partial charge in [0.2, 0.25) is 5.54 Å². The highest BCUT2D eigenvalue weighted by Gasteiger charge is 2.48. The Bertz CT molecular complexity index is 1340. The van der Waals surface area contributed by atoms with Crippen LogP contribution in [-0.2, 0) is 11.3 Å². The van der Waals surface area contributed by atoms with E-state index < -0.39 is 17.5 Å². The van der Waals surface area contributed by atoms with E-state index in [1.54, 1.807) is 30.5 Å². The molecule has 5 rings (SSSR count). The van der Waals surface area contributed by atoms with Crippen LogP contribution >= 0.6 is 0 Å². The zero-order valence-corrected chi connectivity index (χ0v) is 20.6. The van der Waals surface area contributed by atoms with Crippen molar-refractivity contribution >= 4 is 23.7 Å². The SMILES string of the molecule is COc1ccc2c(c1)C(=O)N(C[C@@]1(C#Cc3ccc(C(=N)N4CCN(C)CC4)nc3)NC(=O)NC1=O)C2. The van der Waals surface area contributed by atoms with Gasteiger partial charge in [0.05, 0.1) is 13.7 Å². The first-order chi connectivity index (χ1) is 17.8. The topological polar surface area (TPSA) is 131 Å². The second-order valence-electron chi connectivity index (χ2n) is 9.32. The fourth-order valence-electron chi connectivity index (χ4n) is 4.59. The van der Waals surface area contributed by atoms with E-state index in [1.807, 2.05) is 11.0 Å². The Morgan fingerprint density at radius 2 is 1.95 bits per heavy atom. The Hall–Kier alpha value is -4.43. The van der Waals surface area contributed by atoms with Gasteiger partial charge < -0.3 is 24.8 Å². The number of piperazine rings is 1. The van der Waals surface area contributed by atoms with Crippen LogP contribution in [0.15, 0.2) is 36.5 Å². The maximum atomic E-state index is 13.0. The number of hydrogen-bond donors (Lipinski definition) is 3. The lowest BCUT2D eigenvalue weighted by atomic mass is 9.99. The van der Waals surface area contributed by atoms with E-state index in [9.17, 15) is 14.4 Å². The highest BCUT2D eigenvalue weighted by Crippen LogP contribution is 2.28. The summed E-state index contributed by atoms with van der Waals surface area (Å²) in [6.45, 7) is 3.48. The molecule has 3 aliphatic rings. The summed E-state index contributed by atoms with van der Waals surface area (Å²) in [6.07, 6.45) is 1.54. The summed E-state index contributed by atoms with van der Waals surface area (Å²) >= 11 is 0. The first-order valence-electron chi connectivity index (χ1n) is 11.9. The number of nitrogens with zero attached hydrogens (tertiary/aromatic N) is 4. The summed E-state index contributed by atoms with van der Waals surface area (Å²) in [4.78, 5) is 48.0. The molecule has 37 heavy (non-hydrogen) atoms. The third-order valence-electron chi connectivity index (χ3n) is 6.81. The van der Waals surface area contributed by atoms with Crippen molar-refractivity contribution in [2.24, 2.45) is 0 Å². The third kappa shape index (κ3) is 4.71. The number of amides is 4. The van der Waals surface area contributed by atoms with Gasteiger partial charge in [0.15, 0.2) is 0 Å². The number of ether oxygens (including phenoxy) is 1. The lowest BCUT2D eigenvalue weighted by Crippen LogP contribution is -2.54. The average Bonchev–Trinajstić information content (AvgIpc) is 3.36. The van der Waals surface area contributed by atoms with Crippen LogP contribution in [0.2, 0.25) is 0 Å². The molecule has 11 heteroatoms. The normalized spacial score (nSPS) is 21.2. The van der Waals surface area contributed by atoms with Gasteiger partial charge in [-0.25, -0.2) is 4.79 Å². The number of benzene rings is 1. The molecule has 1 atom stereocenters. The van der Waals surface area contributed by atoms with E-state index in [1.165, 1.54) is 12.0 Å². The van der Waals surface area contributed by atoms with Crippen LogP contribution in [0.5, 0.6) is 5.75 Å². The minimum absolute atomic E-state index is 0.118. The summed E-state index contributed by atoms with van der Waals surface area (Å²) in [7, 11) is 3.58. The number of rotatable bonds is 4. The summed E-state index contributed by atoms with van der Waals surface area (Å²) in [5.41, 5.74) is 0.747. The Morgan fingerprint density at radius 3 is 2.59 bits per heavy atom. The predicted octanol–water partition coefficient (Wildman–Crippen LogP) is 0.249. The molecule has 3 N–H and O–H groups in total. The van der Waals surface area contributed by atoms with Crippen molar-refractivity contribution in [3.8, 4) is 17.6 Å². The smallest absolute Gasteiger partial charge is 0.323 e. The molecule has 1 aromatic carbocycles. The van der Waals surface area contributed by atoms with Gasteiger partial charge in [0.25, 0.3) is 11.8 Å². The van der Waals surface area contributed by atoms with Gasteiger partial charge in [-0.2, -0.15) is 0 Å². The zero-order valence-electron chi connectivity index (χ0n) is 20.6. The lowest BCUT2D eigenvalue weighted by molar-refractivity contribution is -0.122. The first kappa shape index (κ1) is 24.3. The molecule has 4 amide bonds. The Labute approximate surface area is 214 Å². The minimum Gasteiger partial charge on any atom is -0.497 e. The fraction of sp³-hybridized carbons (Fsp3) is 0.346. The summed E-state index contributed by atoms with van der Waals surface area (Å²) in [5, 5.41) is 13.3. The van der Waals surface area contributed by atoms with E-state index in [-0.39, 0.29) is 19.0 Å². The molecule has 190 valence electrons. The standard InChI is InChI=1S/C26H27N7O4/c1-31-9-11-32(12-10-31)22(27)21-6-3-17(14-28-21)7-8-26(24(35)29-25(36)30-26)16-33-15-18-4-5-19(37-2)13-20(18)23(33)34/h3-6,13-14,27H,9-12,15-16H2,1-2H3,(H2,29,30,35,36)/t26-/m1/s1. The van der Waals surface area contributed by atoms with Crippen LogP contribution in [0.25, 0.3) is 0 Å². The number of fused-ring (bicyclic) bond motifs is 1. The maximum Gasteiger partial charge on any atom is 0.323 e. The van der Waals surface area contributed by atoms with Crippen LogP contribution in [0.3, 0.4) is 0 Å². The number of amidine groups is 1. The lowest BCUT2D eigenvalue weighted by Gasteiger charge is -2.33. The minimum atomic E-state index is -1.61. The van der Waals surface area contributed by atoms with Crippen molar-refractivity contribution in [2.75, 3.05) is 46.9 Å². The van der Waals surface area contributed by atoms with E-state index in [2.05, 4.69) is 39.4 Å². The molecule has 1 aromatic heterocycles. The number of pyridine rings is 1. The van der Waals surface area contributed by atoms with Gasteiger partial charge in [-0.3, -0.25) is 25.3 Å². The van der Waals surface area contributed by atoms with Gasteiger partial charge in [0, 0.05) is 50.0 Å². The van der Waals surface area contributed by atoms with E-state index in [0.717, 1.165) is 31.7 Å².